The van der Waals surface area contributed by atoms with Crippen molar-refractivity contribution in [2.24, 2.45) is 0 Å². The second-order valence-electron chi connectivity index (χ2n) is 5.89. The fourth-order valence-electron chi connectivity index (χ4n) is 3.54. The number of rotatable bonds is 2. The molecular formula is C18H18N4O. The second-order valence-corrected chi connectivity index (χ2v) is 5.89. The van der Waals surface area contributed by atoms with Crippen molar-refractivity contribution in [1.82, 2.24) is 14.8 Å². The van der Waals surface area contributed by atoms with E-state index in [2.05, 4.69) is 41.4 Å². The molecule has 0 saturated heterocycles. The first kappa shape index (κ1) is 13.9. The molecule has 0 fully saturated rings. The first-order valence-electron chi connectivity index (χ1n) is 7.89. The predicted molar refractivity (Wildman–Crippen MR) is 89.5 cm³/mol. The molecule has 0 bridgehead atoms. The zero-order valence-corrected chi connectivity index (χ0v) is 13.2. The van der Waals surface area contributed by atoms with E-state index in [0.29, 0.717) is 12.2 Å². The topological polar surface area (TPSA) is 59.8 Å². The number of benzene rings is 1. The van der Waals surface area contributed by atoms with E-state index in [1.807, 2.05) is 22.9 Å². The molecule has 0 radical (unpaired) electrons. The van der Waals surface area contributed by atoms with Gasteiger partial charge in [0, 0.05) is 41.7 Å². The monoisotopic (exact) mass is 306 g/mol. The van der Waals surface area contributed by atoms with Crippen LogP contribution >= 0.6 is 0 Å². The Labute approximate surface area is 134 Å². The first-order valence-corrected chi connectivity index (χ1v) is 7.89. The Morgan fingerprint density at radius 3 is 3.00 bits per heavy atom. The molecule has 5 nitrogen and oxygen atoms in total. The van der Waals surface area contributed by atoms with Gasteiger partial charge in [0.2, 0.25) is 5.91 Å². The molecule has 3 aromatic rings. The molecular weight excluding hydrogens is 288 g/mol. The van der Waals surface area contributed by atoms with Crippen LogP contribution in [0, 0.1) is 6.92 Å². The molecule has 1 aromatic carbocycles. The van der Waals surface area contributed by atoms with Crippen molar-refractivity contribution in [2.75, 3.05) is 5.32 Å². The number of aromatic nitrogens is 3. The van der Waals surface area contributed by atoms with Crippen LogP contribution in [-0.2, 0) is 11.3 Å². The number of carbonyl (C=O) groups excluding carboxylic acids is 1. The Bertz CT molecular complexity index is 907. The molecule has 3 heterocycles. The summed E-state index contributed by atoms with van der Waals surface area (Å²) in [6.45, 7) is 4.92. The molecule has 5 heteroatoms. The highest BCUT2D eigenvalue weighted by molar-refractivity contribution is 5.95. The number of nitrogens with one attached hydrogen (secondary N) is 1. The normalized spacial score (nSPS) is 17.1. The van der Waals surface area contributed by atoms with Crippen molar-refractivity contribution in [2.45, 2.75) is 32.7 Å². The minimum atomic E-state index is 0.0177. The predicted octanol–water partition coefficient (Wildman–Crippen LogP) is 3.23. The number of hydrogen-bond acceptors (Lipinski definition) is 3. The molecule has 1 N–H and O–H groups in total. The average molecular weight is 306 g/mol. The summed E-state index contributed by atoms with van der Waals surface area (Å²) in [6, 6.07) is 10.1. The lowest BCUT2D eigenvalue weighted by Crippen LogP contribution is -2.23. The zero-order valence-electron chi connectivity index (χ0n) is 13.2. The number of fused-ring (bicyclic) bond motifs is 2. The van der Waals surface area contributed by atoms with Gasteiger partial charge in [0.25, 0.3) is 0 Å². The van der Waals surface area contributed by atoms with Crippen LogP contribution in [0.2, 0.25) is 0 Å². The lowest BCUT2D eigenvalue weighted by atomic mass is 9.84. The first-order chi connectivity index (χ1) is 11.2. The maximum absolute atomic E-state index is 12.2. The minimum absolute atomic E-state index is 0.0177. The van der Waals surface area contributed by atoms with E-state index in [0.717, 1.165) is 34.3 Å². The van der Waals surface area contributed by atoms with E-state index in [1.165, 1.54) is 0 Å². The van der Waals surface area contributed by atoms with E-state index >= 15 is 0 Å². The summed E-state index contributed by atoms with van der Waals surface area (Å²) in [4.78, 5) is 16.6. The van der Waals surface area contributed by atoms with E-state index in [1.54, 1.807) is 6.20 Å². The van der Waals surface area contributed by atoms with Crippen LogP contribution in [0.4, 0.5) is 5.82 Å². The fraction of sp³-hybridized carbons (Fsp3) is 0.278. The summed E-state index contributed by atoms with van der Waals surface area (Å²) in [5.74, 6) is 0.739. The van der Waals surface area contributed by atoms with Gasteiger partial charge in [0.1, 0.15) is 0 Å². The molecule has 1 atom stereocenters. The Morgan fingerprint density at radius 2 is 2.17 bits per heavy atom. The van der Waals surface area contributed by atoms with Crippen LogP contribution in [0.15, 0.2) is 36.5 Å². The summed E-state index contributed by atoms with van der Waals surface area (Å²) in [5, 5.41) is 8.56. The molecule has 1 aliphatic heterocycles. The van der Waals surface area contributed by atoms with Crippen molar-refractivity contribution in [3.8, 4) is 0 Å². The largest absolute Gasteiger partial charge is 0.309 e. The van der Waals surface area contributed by atoms with Crippen molar-refractivity contribution >= 4 is 22.6 Å². The van der Waals surface area contributed by atoms with E-state index in [-0.39, 0.29) is 11.8 Å². The molecule has 1 amide bonds. The van der Waals surface area contributed by atoms with Gasteiger partial charge in [-0.3, -0.25) is 14.5 Å². The van der Waals surface area contributed by atoms with Gasteiger partial charge in [-0.25, -0.2) is 0 Å². The Kier molecular flexibility index (Phi) is 3.15. The number of anilines is 1. The Balaban J connectivity index is 1.96. The fourth-order valence-corrected chi connectivity index (χ4v) is 3.54. The number of amides is 1. The van der Waals surface area contributed by atoms with Crippen molar-refractivity contribution in [3.63, 3.8) is 0 Å². The van der Waals surface area contributed by atoms with Crippen molar-refractivity contribution < 1.29 is 4.79 Å². The number of hydrogen-bond donors (Lipinski definition) is 1. The van der Waals surface area contributed by atoms with Gasteiger partial charge >= 0.3 is 0 Å². The van der Waals surface area contributed by atoms with Gasteiger partial charge in [-0.15, -0.1) is 0 Å². The van der Waals surface area contributed by atoms with Crippen LogP contribution < -0.4 is 5.32 Å². The zero-order chi connectivity index (χ0) is 16.0. The van der Waals surface area contributed by atoms with Crippen LogP contribution in [0.1, 0.15) is 36.1 Å². The van der Waals surface area contributed by atoms with Crippen LogP contribution in [0.3, 0.4) is 0 Å². The number of aryl methyl sites for hydroxylation is 1. The highest BCUT2D eigenvalue weighted by atomic mass is 16.1. The van der Waals surface area contributed by atoms with Crippen molar-refractivity contribution in [1.29, 1.82) is 0 Å². The van der Waals surface area contributed by atoms with Crippen molar-refractivity contribution in [3.05, 3.63) is 53.3 Å². The van der Waals surface area contributed by atoms with Gasteiger partial charge in [0.05, 0.1) is 5.52 Å². The smallest absolute Gasteiger partial charge is 0.226 e. The molecule has 116 valence electrons. The Morgan fingerprint density at radius 1 is 1.30 bits per heavy atom. The van der Waals surface area contributed by atoms with Gasteiger partial charge < -0.3 is 5.32 Å². The quantitative estimate of drug-likeness (QED) is 0.790. The summed E-state index contributed by atoms with van der Waals surface area (Å²) in [5.41, 5.74) is 4.35. The third-order valence-corrected chi connectivity index (χ3v) is 4.60. The summed E-state index contributed by atoms with van der Waals surface area (Å²) >= 11 is 0. The highest BCUT2D eigenvalue weighted by Crippen LogP contribution is 2.40. The summed E-state index contributed by atoms with van der Waals surface area (Å²) in [7, 11) is 0. The number of pyridine rings is 1. The standard InChI is InChI=1S/C18H18N4O/c1-3-22-11(2)17-14(10-16(23)20-18(17)21-22)12-6-4-8-15-13(12)7-5-9-19-15/h4-9,14H,3,10H2,1-2H3,(H,20,21,23). The van der Waals surface area contributed by atoms with Crippen LogP contribution in [0.5, 0.6) is 0 Å². The third-order valence-electron chi connectivity index (χ3n) is 4.60. The Hall–Kier alpha value is -2.69. The molecule has 4 rings (SSSR count). The lowest BCUT2D eigenvalue weighted by Gasteiger charge is -2.24. The molecule has 23 heavy (non-hydrogen) atoms. The average Bonchev–Trinajstić information content (AvgIpc) is 2.89. The van der Waals surface area contributed by atoms with Gasteiger partial charge in [0.15, 0.2) is 5.82 Å². The van der Waals surface area contributed by atoms with Gasteiger partial charge in [-0.05, 0) is 31.5 Å². The maximum atomic E-state index is 12.2. The highest BCUT2D eigenvalue weighted by Gasteiger charge is 2.32. The van der Waals surface area contributed by atoms with Crippen LogP contribution in [0.25, 0.3) is 10.9 Å². The maximum Gasteiger partial charge on any atom is 0.226 e. The molecule has 1 aliphatic rings. The molecule has 0 spiro atoms. The van der Waals surface area contributed by atoms with E-state index < -0.39 is 0 Å². The summed E-state index contributed by atoms with van der Waals surface area (Å²) in [6.07, 6.45) is 2.24. The number of carbonyl (C=O) groups is 1. The number of nitrogens with zero attached hydrogens (tertiary/aromatic N) is 3. The third kappa shape index (κ3) is 2.11. The SMILES string of the molecule is CCn1nc2c(c1C)C(c1cccc3ncccc13)CC(=O)N2. The molecule has 2 aromatic heterocycles. The summed E-state index contributed by atoms with van der Waals surface area (Å²) < 4.78 is 1.95. The molecule has 0 aliphatic carbocycles. The van der Waals surface area contributed by atoms with Crippen LogP contribution in [-0.4, -0.2) is 20.7 Å². The molecule has 1 unspecified atom stereocenters. The molecule has 0 saturated carbocycles. The minimum Gasteiger partial charge on any atom is -0.309 e. The van der Waals surface area contributed by atoms with E-state index in [9.17, 15) is 4.79 Å². The second kappa shape index (κ2) is 5.19. The van der Waals surface area contributed by atoms with E-state index in [4.69, 9.17) is 0 Å². The van der Waals surface area contributed by atoms with Gasteiger partial charge in [-0.1, -0.05) is 18.2 Å². The van der Waals surface area contributed by atoms with Gasteiger partial charge in [-0.2, -0.15) is 5.10 Å². The lowest BCUT2D eigenvalue weighted by molar-refractivity contribution is -0.116.